The Balaban J connectivity index is 3.03. The summed E-state index contributed by atoms with van der Waals surface area (Å²) < 4.78 is 14.2. The minimum atomic E-state index is -1.20. The van der Waals surface area contributed by atoms with Crippen LogP contribution in [0, 0.1) is 5.92 Å². The molecule has 0 amide bonds. The standard InChI is InChI=1S/C14H17NO6/c1-19-10-6-4-5-9(7-10)12(15-18)8-11(13(16)20-2)14(17)21-3/h4-7,11,18H,8H2,1-3H3. The highest BCUT2D eigenvalue weighted by atomic mass is 16.5. The molecule has 114 valence electrons. The van der Waals surface area contributed by atoms with E-state index in [1.54, 1.807) is 24.3 Å². The van der Waals surface area contributed by atoms with Crippen molar-refractivity contribution in [2.75, 3.05) is 21.3 Å². The van der Waals surface area contributed by atoms with Crippen LogP contribution in [-0.4, -0.2) is 44.2 Å². The molecule has 0 aromatic heterocycles. The van der Waals surface area contributed by atoms with Gasteiger partial charge in [-0.2, -0.15) is 0 Å². The second kappa shape index (κ2) is 7.88. The molecular weight excluding hydrogens is 278 g/mol. The van der Waals surface area contributed by atoms with E-state index in [-0.39, 0.29) is 12.1 Å². The molecule has 21 heavy (non-hydrogen) atoms. The summed E-state index contributed by atoms with van der Waals surface area (Å²) in [4.78, 5) is 23.3. The molecule has 0 unspecified atom stereocenters. The predicted octanol–water partition coefficient (Wildman–Crippen LogP) is 1.23. The van der Waals surface area contributed by atoms with Crippen LogP contribution in [0.5, 0.6) is 5.75 Å². The molecule has 1 aromatic carbocycles. The van der Waals surface area contributed by atoms with Crippen LogP contribution in [0.2, 0.25) is 0 Å². The van der Waals surface area contributed by atoms with Gasteiger partial charge in [-0.3, -0.25) is 9.59 Å². The molecule has 0 saturated heterocycles. The van der Waals surface area contributed by atoms with Crippen molar-refractivity contribution in [3.05, 3.63) is 29.8 Å². The molecule has 7 heteroatoms. The van der Waals surface area contributed by atoms with Gasteiger partial charge in [-0.15, -0.1) is 0 Å². The zero-order valence-corrected chi connectivity index (χ0v) is 12.0. The Morgan fingerprint density at radius 3 is 2.29 bits per heavy atom. The highest BCUT2D eigenvalue weighted by molar-refractivity contribution is 6.06. The molecule has 1 rings (SSSR count). The van der Waals surface area contributed by atoms with Crippen molar-refractivity contribution in [1.82, 2.24) is 0 Å². The topological polar surface area (TPSA) is 94.4 Å². The Hall–Kier alpha value is -2.57. The van der Waals surface area contributed by atoms with Gasteiger partial charge in [-0.1, -0.05) is 17.3 Å². The van der Waals surface area contributed by atoms with E-state index in [2.05, 4.69) is 14.6 Å². The van der Waals surface area contributed by atoms with E-state index in [9.17, 15) is 9.59 Å². The third-order valence-electron chi connectivity index (χ3n) is 2.89. The number of oxime groups is 1. The minimum absolute atomic E-state index is 0.148. The first-order chi connectivity index (χ1) is 10.1. The Bertz CT molecular complexity index is 524. The van der Waals surface area contributed by atoms with Gasteiger partial charge in [0.15, 0.2) is 5.92 Å². The Labute approximate surface area is 122 Å². The number of methoxy groups -OCH3 is 3. The fraction of sp³-hybridized carbons (Fsp3) is 0.357. The van der Waals surface area contributed by atoms with Gasteiger partial charge in [0.25, 0.3) is 0 Å². The van der Waals surface area contributed by atoms with E-state index >= 15 is 0 Å². The van der Waals surface area contributed by atoms with Crippen LogP contribution in [0.4, 0.5) is 0 Å². The number of esters is 2. The highest BCUT2D eigenvalue weighted by Gasteiger charge is 2.31. The van der Waals surface area contributed by atoms with Gasteiger partial charge in [0.05, 0.1) is 27.0 Å². The lowest BCUT2D eigenvalue weighted by molar-refractivity contribution is -0.158. The molecule has 0 saturated carbocycles. The lowest BCUT2D eigenvalue weighted by Gasteiger charge is -2.13. The molecule has 0 aliphatic rings. The summed E-state index contributed by atoms with van der Waals surface area (Å²) >= 11 is 0. The summed E-state index contributed by atoms with van der Waals surface area (Å²) in [6.07, 6.45) is -0.150. The number of carbonyl (C=O) groups excluding carboxylic acids is 2. The number of ether oxygens (including phenoxy) is 3. The molecule has 0 atom stereocenters. The number of benzene rings is 1. The lowest BCUT2D eigenvalue weighted by atomic mass is 9.97. The van der Waals surface area contributed by atoms with Crippen molar-refractivity contribution in [3.63, 3.8) is 0 Å². The number of hydrogen-bond donors (Lipinski definition) is 1. The van der Waals surface area contributed by atoms with Gasteiger partial charge in [0.2, 0.25) is 0 Å². The van der Waals surface area contributed by atoms with E-state index in [0.29, 0.717) is 11.3 Å². The van der Waals surface area contributed by atoms with E-state index in [4.69, 9.17) is 9.94 Å². The number of hydrogen-bond acceptors (Lipinski definition) is 7. The molecule has 0 spiro atoms. The first-order valence-corrected chi connectivity index (χ1v) is 6.08. The summed E-state index contributed by atoms with van der Waals surface area (Å²) in [5.41, 5.74) is 0.671. The summed E-state index contributed by atoms with van der Waals surface area (Å²) in [6, 6.07) is 6.71. The molecule has 7 nitrogen and oxygen atoms in total. The third-order valence-corrected chi connectivity index (χ3v) is 2.89. The van der Waals surface area contributed by atoms with Crippen LogP contribution in [0.1, 0.15) is 12.0 Å². The molecule has 0 fully saturated rings. The Morgan fingerprint density at radius 2 is 1.81 bits per heavy atom. The predicted molar refractivity (Wildman–Crippen MR) is 73.5 cm³/mol. The second-order valence-corrected chi connectivity index (χ2v) is 4.08. The van der Waals surface area contributed by atoms with Crippen molar-refractivity contribution in [3.8, 4) is 5.75 Å². The van der Waals surface area contributed by atoms with Gasteiger partial charge < -0.3 is 19.4 Å². The average Bonchev–Trinajstić information content (AvgIpc) is 2.54. The molecule has 1 N–H and O–H groups in total. The van der Waals surface area contributed by atoms with Gasteiger partial charge in [-0.05, 0) is 12.1 Å². The van der Waals surface area contributed by atoms with Crippen LogP contribution < -0.4 is 4.74 Å². The van der Waals surface area contributed by atoms with Gasteiger partial charge in [-0.25, -0.2) is 0 Å². The molecule has 0 radical (unpaired) electrons. The van der Waals surface area contributed by atoms with Gasteiger partial charge in [0.1, 0.15) is 5.75 Å². The molecule has 0 bridgehead atoms. The highest BCUT2D eigenvalue weighted by Crippen LogP contribution is 2.18. The number of nitrogens with zero attached hydrogens (tertiary/aromatic N) is 1. The van der Waals surface area contributed by atoms with Crippen molar-refractivity contribution in [2.45, 2.75) is 6.42 Å². The molecule has 0 aliphatic carbocycles. The Kier molecular flexibility index (Phi) is 6.19. The van der Waals surface area contributed by atoms with E-state index in [1.807, 2.05) is 0 Å². The van der Waals surface area contributed by atoms with E-state index in [1.165, 1.54) is 21.3 Å². The first-order valence-electron chi connectivity index (χ1n) is 6.08. The van der Waals surface area contributed by atoms with E-state index < -0.39 is 17.9 Å². The number of carbonyl (C=O) groups is 2. The maximum Gasteiger partial charge on any atom is 0.320 e. The molecule has 1 aromatic rings. The SMILES string of the molecule is COC(=O)C(CC(=NO)c1cccc(OC)c1)C(=O)OC. The maximum absolute atomic E-state index is 11.6. The van der Waals surface area contributed by atoms with Gasteiger partial charge >= 0.3 is 11.9 Å². The summed E-state index contributed by atoms with van der Waals surface area (Å²) in [7, 11) is 3.83. The van der Waals surface area contributed by atoms with Crippen LogP contribution >= 0.6 is 0 Å². The van der Waals surface area contributed by atoms with Crippen LogP contribution in [0.3, 0.4) is 0 Å². The lowest BCUT2D eigenvalue weighted by Crippen LogP contribution is -2.29. The summed E-state index contributed by atoms with van der Waals surface area (Å²) in [5.74, 6) is -2.16. The van der Waals surface area contributed by atoms with Crippen molar-refractivity contribution >= 4 is 17.7 Å². The molecule has 0 heterocycles. The quantitative estimate of drug-likeness (QED) is 0.279. The zero-order valence-electron chi connectivity index (χ0n) is 12.0. The van der Waals surface area contributed by atoms with Crippen molar-refractivity contribution in [1.29, 1.82) is 0 Å². The van der Waals surface area contributed by atoms with Gasteiger partial charge in [0, 0.05) is 12.0 Å². The fourth-order valence-corrected chi connectivity index (χ4v) is 1.76. The third kappa shape index (κ3) is 4.20. The van der Waals surface area contributed by atoms with Crippen LogP contribution in [0.25, 0.3) is 0 Å². The summed E-state index contributed by atoms with van der Waals surface area (Å²) in [5, 5.41) is 12.3. The van der Waals surface area contributed by atoms with Crippen molar-refractivity contribution in [2.24, 2.45) is 11.1 Å². The smallest absolute Gasteiger partial charge is 0.320 e. The van der Waals surface area contributed by atoms with Crippen LogP contribution in [-0.2, 0) is 19.1 Å². The maximum atomic E-state index is 11.6. The van der Waals surface area contributed by atoms with Crippen LogP contribution in [0.15, 0.2) is 29.4 Å². The normalized spacial score (nSPS) is 11.1. The largest absolute Gasteiger partial charge is 0.497 e. The summed E-state index contributed by atoms with van der Waals surface area (Å²) in [6.45, 7) is 0. The fourth-order valence-electron chi connectivity index (χ4n) is 1.76. The minimum Gasteiger partial charge on any atom is -0.497 e. The second-order valence-electron chi connectivity index (χ2n) is 4.08. The molecular formula is C14H17NO6. The van der Waals surface area contributed by atoms with Crippen molar-refractivity contribution < 1.29 is 29.0 Å². The van der Waals surface area contributed by atoms with E-state index in [0.717, 1.165) is 0 Å². The Morgan fingerprint density at radius 1 is 1.19 bits per heavy atom. The monoisotopic (exact) mass is 295 g/mol. The molecule has 0 aliphatic heterocycles. The zero-order chi connectivity index (χ0) is 15.8. The number of rotatable bonds is 6. The average molecular weight is 295 g/mol. The first kappa shape index (κ1) is 16.5.